The Balaban J connectivity index is 1.33. The molecule has 1 aliphatic carbocycles. The minimum Gasteiger partial charge on any atom is -0.486 e. The van der Waals surface area contributed by atoms with Crippen molar-refractivity contribution in [2.24, 2.45) is 5.92 Å². The normalized spacial score (nSPS) is 20.9. The highest BCUT2D eigenvalue weighted by atomic mass is 32.1. The largest absolute Gasteiger partial charge is 0.486 e. The number of ether oxygens (including phenoxy) is 2. The molecule has 2 fully saturated rings. The molecule has 2 amide bonds. The number of rotatable bonds is 4. The van der Waals surface area contributed by atoms with E-state index in [2.05, 4.69) is 5.32 Å². The van der Waals surface area contributed by atoms with Gasteiger partial charge in [0.25, 0.3) is 5.91 Å². The molecule has 7 heteroatoms. The second kappa shape index (κ2) is 7.13. The first-order chi connectivity index (χ1) is 13.7. The first kappa shape index (κ1) is 17.6. The number of hydrogen-bond donors (Lipinski definition) is 1. The molecular weight excluding hydrogens is 376 g/mol. The first-order valence-electron chi connectivity index (χ1n) is 9.80. The van der Waals surface area contributed by atoms with Crippen molar-refractivity contribution in [1.29, 1.82) is 0 Å². The Morgan fingerprint density at radius 1 is 1.04 bits per heavy atom. The van der Waals surface area contributed by atoms with Crippen molar-refractivity contribution in [3.63, 3.8) is 0 Å². The number of nitrogens with one attached hydrogen (secondary N) is 1. The fraction of sp³-hybridized carbons (Fsp3) is 0.429. The van der Waals surface area contributed by atoms with Gasteiger partial charge in [-0.05, 0) is 55.5 Å². The van der Waals surface area contributed by atoms with Crippen molar-refractivity contribution in [1.82, 2.24) is 4.90 Å². The molecule has 1 N–H and O–H groups in total. The standard InChI is InChI=1S/C21H22N2O4S/c24-20(13-3-4-13)22-19-8-7-18(28-19)21(25)23-9-1-2-15(23)14-5-6-16-17(12-14)27-11-10-26-16/h5-8,12-13,15H,1-4,9-11H2,(H,22,24)/t15-/m1/s1. The maximum absolute atomic E-state index is 13.1. The molecule has 1 aromatic heterocycles. The number of benzene rings is 1. The fourth-order valence-electron chi connectivity index (χ4n) is 3.85. The van der Waals surface area contributed by atoms with Gasteiger partial charge in [-0.3, -0.25) is 9.59 Å². The number of likely N-dealkylation sites (tertiary alicyclic amines) is 1. The summed E-state index contributed by atoms with van der Waals surface area (Å²) in [5, 5.41) is 3.67. The molecule has 3 heterocycles. The molecule has 1 atom stereocenters. The van der Waals surface area contributed by atoms with Crippen molar-refractivity contribution in [3.8, 4) is 11.5 Å². The van der Waals surface area contributed by atoms with Gasteiger partial charge in [-0.25, -0.2) is 0 Å². The van der Waals surface area contributed by atoms with E-state index in [0.29, 0.717) is 18.1 Å². The highest BCUT2D eigenvalue weighted by Gasteiger charge is 2.33. The number of thiophene rings is 1. The number of hydrogen-bond acceptors (Lipinski definition) is 5. The van der Waals surface area contributed by atoms with E-state index in [1.54, 1.807) is 0 Å². The summed E-state index contributed by atoms with van der Waals surface area (Å²) in [6, 6.07) is 9.64. The molecule has 1 saturated carbocycles. The smallest absolute Gasteiger partial charge is 0.264 e. The SMILES string of the molecule is O=C(Nc1ccc(C(=O)N2CCC[C@@H]2c2ccc3c(c2)OCCO3)s1)C1CC1. The topological polar surface area (TPSA) is 67.9 Å². The molecule has 28 heavy (non-hydrogen) atoms. The number of carbonyl (C=O) groups excluding carboxylic acids is 2. The molecule has 2 aromatic rings. The van der Waals surface area contributed by atoms with Gasteiger partial charge in [-0.15, -0.1) is 11.3 Å². The van der Waals surface area contributed by atoms with E-state index < -0.39 is 0 Å². The lowest BCUT2D eigenvalue weighted by atomic mass is 10.0. The third kappa shape index (κ3) is 3.35. The Morgan fingerprint density at radius 3 is 2.68 bits per heavy atom. The second-order valence-electron chi connectivity index (χ2n) is 7.49. The average Bonchev–Trinajstić information content (AvgIpc) is 3.28. The molecule has 1 saturated heterocycles. The van der Waals surface area contributed by atoms with E-state index in [4.69, 9.17) is 9.47 Å². The van der Waals surface area contributed by atoms with Crippen LogP contribution >= 0.6 is 11.3 Å². The van der Waals surface area contributed by atoms with Crippen LogP contribution < -0.4 is 14.8 Å². The van der Waals surface area contributed by atoms with Crippen LogP contribution in [0, 0.1) is 5.92 Å². The number of anilines is 1. The number of nitrogens with zero attached hydrogens (tertiary/aromatic N) is 1. The van der Waals surface area contributed by atoms with E-state index in [-0.39, 0.29) is 23.8 Å². The van der Waals surface area contributed by atoms with Gasteiger partial charge in [0.15, 0.2) is 11.5 Å². The minimum absolute atomic E-state index is 0.0225. The highest BCUT2D eigenvalue weighted by molar-refractivity contribution is 7.18. The van der Waals surface area contributed by atoms with Crippen LogP contribution in [0.1, 0.15) is 47.0 Å². The van der Waals surface area contributed by atoms with Crippen LogP contribution in [0.25, 0.3) is 0 Å². The van der Waals surface area contributed by atoms with Crippen molar-refractivity contribution >= 4 is 28.2 Å². The van der Waals surface area contributed by atoms with Crippen molar-refractivity contribution < 1.29 is 19.1 Å². The molecule has 1 aromatic carbocycles. The molecule has 3 aliphatic rings. The first-order valence-corrected chi connectivity index (χ1v) is 10.6. The quantitative estimate of drug-likeness (QED) is 0.850. The van der Waals surface area contributed by atoms with Crippen LogP contribution in [-0.2, 0) is 4.79 Å². The molecule has 0 radical (unpaired) electrons. The Morgan fingerprint density at radius 2 is 1.86 bits per heavy atom. The summed E-state index contributed by atoms with van der Waals surface area (Å²) in [6.07, 6.45) is 3.84. The van der Waals surface area contributed by atoms with Crippen LogP contribution in [0.3, 0.4) is 0 Å². The monoisotopic (exact) mass is 398 g/mol. The Labute approximate surface area is 167 Å². The Bertz CT molecular complexity index is 921. The molecular formula is C21H22N2O4S. The number of carbonyl (C=O) groups is 2. The molecule has 6 nitrogen and oxygen atoms in total. The predicted molar refractivity (Wildman–Crippen MR) is 106 cm³/mol. The third-order valence-electron chi connectivity index (χ3n) is 5.48. The fourth-order valence-corrected chi connectivity index (χ4v) is 4.72. The summed E-state index contributed by atoms with van der Waals surface area (Å²) in [7, 11) is 0. The summed E-state index contributed by atoms with van der Waals surface area (Å²) < 4.78 is 11.3. The van der Waals surface area contributed by atoms with E-state index >= 15 is 0 Å². The molecule has 2 aliphatic heterocycles. The lowest BCUT2D eigenvalue weighted by molar-refractivity contribution is -0.117. The van der Waals surface area contributed by atoms with Crippen LogP contribution in [0.5, 0.6) is 11.5 Å². The summed E-state index contributed by atoms with van der Waals surface area (Å²) in [5.74, 6) is 1.76. The molecule has 5 rings (SSSR count). The van der Waals surface area contributed by atoms with Crippen LogP contribution in [0.2, 0.25) is 0 Å². The third-order valence-corrected chi connectivity index (χ3v) is 6.46. The van der Waals surface area contributed by atoms with E-state index in [1.807, 2.05) is 35.2 Å². The van der Waals surface area contributed by atoms with Gasteiger partial charge >= 0.3 is 0 Å². The zero-order chi connectivity index (χ0) is 19.1. The van der Waals surface area contributed by atoms with E-state index in [0.717, 1.165) is 54.3 Å². The molecule has 0 bridgehead atoms. The maximum Gasteiger partial charge on any atom is 0.264 e. The summed E-state index contributed by atoms with van der Waals surface area (Å²) in [6.45, 7) is 1.85. The minimum atomic E-state index is 0.0225. The van der Waals surface area contributed by atoms with E-state index in [1.165, 1.54) is 11.3 Å². The maximum atomic E-state index is 13.1. The zero-order valence-corrected chi connectivity index (χ0v) is 16.3. The van der Waals surface area contributed by atoms with Crippen LogP contribution in [0.15, 0.2) is 30.3 Å². The average molecular weight is 398 g/mol. The summed E-state index contributed by atoms with van der Waals surface area (Å²) in [5.41, 5.74) is 1.08. The molecule has 146 valence electrons. The highest BCUT2D eigenvalue weighted by Crippen LogP contribution is 2.39. The summed E-state index contributed by atoms with van der Waals surface area (Å²) in [4.78, 5) is 27.7. The number of fused-ring (bicyclic) bond motifs is 1. The predicted octanol–water partition coefficient (Wildman–Crippen LogP) is 3.85. The summed E-state index contributed by atoms with van der Waals surface area (Å²) >= 11 is 1.35. The van der Waals surface area contributed by atoms with E-state index in [9.17, 15) is 9.59 Å². The number of amides is 2. The van der Waals surface area contributed by atoms with Gasteiger partial charge in [0.05, 0.1) is 15.9 Å². The molecule has 0 unspecified atom stereocenters. The van der Waals surface area contributed by atoms with Gasteiger partial charge in [-0.1, -0.05) is 6.07 Å². The zero-order valence-electron chi connectivity index (χ0n) is 15.5. The van der Waals surface area contributed by atoms with Crippen LogP contribution in [0.4, 0.5) is 5.00 Å². The van der Waals surface area contributed by atoms with Crippen LogP contribution in [-0.4, -0.2) is 36.5 Å². The van der Waals surface area contributed by atoms with Gasteiger partial charge in [0, 0.05) is 12.5 Å². The molecule has 0 spiro atoms. The second-order valence-corrected chi connectivity index (χ2v) is 8.57. The Kier molecular flexibility index (Phi) is 4.47. The van der Waals surface area contributed by atoms with Gasteiger partial charge in [0.1, 0.15) is 13.2 Å². The van der Waals surface area contributed by atoms with Crippen molar-refractivity contribution in [3.05, 3.63) is 40.8 Å². The Hall–Kier alpha value is -2.54. The lowest BCUT2D eigenvalue weighted by Crippen LogP contribution is -2.30. The van der Waals surface area contributed by atoms with Gasteiger partial charge in [-0.2, -0.15) is 0 Å². The lowest BCUT2D eigenvalue weighted by Gasteiger charge is -2.26. The van der Waals surface area contributed by atoms with Gasteiger partial charge < -0.3 is 19.7 Å². The van der Waals surface area contributed by atoms with Crippen molar-refractivity contribution in [2.75, 3.05) is 25.1 Å². The van der Waals surface area contributed by atoms with Gasteiger partial charge in [0.2, 0.25) is 5.91 Å². The van der Waals surface area contributed by atoms with Crippen molar-refractivity contribution in [2.45, 2.75) is 31.7 Å².